The highest BCUT2D eigenvalue weighted by Crippen LogP contribution is 2.29. The first-order valence-corrected chi connectivity index (χ1v) is 9.28. The summed E-state index contributed by atoms with van der Waals surface area (Å²) in [6.45, 7) is 3.83. The third kappa shape index (κ3) is 6.02. The van der Waals surface area contributed by atoms with Gasteiger partial charge in [0.05, 0.1) is 0 Å². The van der Waals surface area contributed by atoms with E-state index >= 15 is 0 Å². The number of para-hydroxylation sites is 1. The molecule has 26 heavy (non-hydrogen) atoms. The van der Waals surface area contributed by atoms with Gasteiger partial charge in [-0.1, -0.05) is 70.7 Å². The largest absolute Gasteiger partial charge is 0.339 e. The maximum atomic E-state index is 12.5. The van der Waals surface area contributed by atoms with Gasteiger partial charge in [-0.25, -0.2) is 0 Å². The van der Waals surface area contributed by atoms with Gasteiger partial charge < -0.3 is 16.0 Å². The van der Waals surface area contributed by atoms with Gasteiger partial charge in [0.15, 0.2) is 5.11 Å². The van der Waals surface area contributed by atoms with E-state index in [-0.39, 0.29) is 11.0 Å². The van der Waals surface area contributed by atoms with Crippen LogP contribution >= 0.6 is 47.0 Å². The third-order valence-electron chi connectivity index (χ3n) is 3.55. The molecular formula is C18H18Cl3N3OS. The molecule has 0 aliphatic rings. The molecule has 0 bridgehead atoms. The Balaban J connectivity index is 2.09. The number of rotatable bonds is 4. The molecule has 1 unspecified atom stereocenters. The molecule has 0 aliphatic carbocycles. The van der Waals surface area contributed by atoms with Crippen LogP contribution < -0.4 is 16.0 Å². The molecule has 0 spiro atoms. The van der Waals surface area contributed by atoms with Gasteiger partial charge in [-0.2, -0.15) is 0 Å². The number of alkyl halides is 3. The molecule has 1 atom stereocenters. The fraction of sp³-hybridized carbons (Fsp3) is 0.222. The highest BCUT2D eigenvalue weighted by Gasteiger charge is 2.34. The van der Waals surface area contributed by atoms with Crippen LogP contribution in [-0.4, -0.2) is 21.0 Å². The fourth-order valence-corrected chi connectivity index (χ4v) is 2.76. The Morgan fingerprint density at radius 1 is 1.04 bits per heavy atom. The van der Waals surface area contributed by atoms with E-state index in [0.29, 0.717) is 5.56 Å². The molecule has 0 saturated carbocycles. The van der Waals surface area contributed by atoms with Gasteiger partial charge in [0.1, 0.15) is 6.17 Å². The number of carbonyl (C=O) groups excluding carboxylic acids is 1. The minimum absolute atomic E-state index is 0.222. The standard InChI is InChI=1S/C18H18Cl3N3OS/c1-11-6-5-8-13(10-11)15(25)23-16(18(19,20)21)24-17(26)22-14-9-4-3-7-12(14)2/h3-10,16H,1-2H3,(H,23,25)(H2,22,24,26). The summed E-state index contributed by atoms with van der Waals surface area (Å²) in [5, 5.41) is 8.75. The van der Waals surface area contributed by atoms with Crippen LogP contribution in [0.3, 0.4) is 0 Å². The summed E-state index contributed by atoms with van der Waals surface area (Å²) < 4.78 is -1.81. The van der Waals surface area contributed by atoms with Crippen molar-refractivity contribution in [1.29, 1.82) is 0 Å². The Hall–Kier alpha value is -1.53. The molecule has 8 heteroatoms. The van der Waals surface area contributed by atoms with Gasteiger partial charge in [-0.05, 0) is 49.8 Å². The number of hydrogen-bond acceptors (Lipinski definition) is 2. The van der Waals surface area contributed by atoms with Gasteiger partial charge in [-0.3, -0.25) is 4.79 Å². The minimum atomic E-state index is -1.81. The molecule has 3 N–H and O–H groups in total. The average molecular weight is 431 g/mol. The molecule has 0 saturated heterocycles. The number of thiocarbonyl (C=S) groups is 1. The summed E-state index contributed by atoms with van der Waals surface area (Å²) in [6.07, 6.45) is -1.02. The molecule has 0 fully saturated rings. The highest BCUT2D eigenvalue weighted by atomic mass is 35.6. The summed E-state index contributed by atoms with van der Waals surface area (Å²) in [6, 6.07) is 14.7. The van der Waals surface area contributed by atoms with Crippen molar-refractivity contribution in [2.24, 2.45) is 0 Å². The number of benzene rings is 2. The lowest BCUT2D eigenvalue weighted by Gasteiger charge is -2.28. The first-order valence-electron chi connectivity index (χ1n) is 7.74. The lowest BCUT2D eigenvalue weighted by atomic mass is 10.1. The molecule has 0 aliphatic heterocycles. The molecule has 2 aromatic carbocycles. The minimum Gasteiger partial charge on any atom is -0.339 e. The summed E-state index contributed by atoms with van der Waals surface area (Å²) in [4.78, 5) is 12.5. The maximum absolute atomic E-state index is 12.5. The normalized spacial score (nSPS) is 12.2. The zero-order chi connectivity index (χ0) is 19.3. The van der Waals surface area contributed by atoms with E-state index in [2.05, 4.69) is 16.0 Å². The number of hydrogen-bond donors (Lipinski definition) is 3. The second-order valence-corrected chi connectivity index (χ2v) is 8.51. The van der Waals surface area contributed by atoms with Crippen LogP contribution in [0.2, 0.25) is 0 Å². The molecule has 0 aromatic heterocycles. The summed E-state index contributed by atoms with van der Waals surface area (Å²) in [5.41, 5.74) is 3.24. The van der Waals surface area contributed by atoms with Crippen LogP contribution in [0.1, 0.15) is 21.5 Å². The van der Waals surface area contributed by atoms with Crippen molar-refractivity contribution in [3.63, 3.8) is 0 Å². The van der Waals surface area contributed by atoms with Crippen molar-refractivity contribution in [3.8, 4) is 0 Å². The van der Waals surface area contributed by atoms with Crippen molar-refractivity contribution in [2.45, 2.75) is 23.8 Å². The number of halogens is 3. The van der Waals surface area contributed by atoms with Gasteiger partial charge in [-0.15, -0.1) is 0 Å². The van der Waals surface area contributed by atoms with Crippen LogP contribution in [0.25, 0.3) is 0 Å². The van der Waals surface area contributed by atoms with Crippen molar-refractivity contribution < 1.29 is 4.79 Å². The van der Waals surface area contributed by atoms with Crippen molar-refractivity contribution in [3.05, 3.63) is 65.2 Å². The SMILES string of the molecule is Cc1cccc(C(=O)NC(NC(=S)Nc2ccccc2C)C(Cl)(Cl)Cl)c1. The fourth-order valence-electron chi connectivity index (χ4n) is 2.20. The highest BCUT2D eigenvalue weighted by molar-refractivity contribution is 7.80. The van der Waals surface area contributed by atoms with E-state index in [1.807, 2.05) is 44.2 Å². The lowest BCUT2D eigenvalue weighted by molar-refractivity contribution is 0.0934. The van der Waals surface area contributed by atoms with Crippen LogP contribution in [0.4, 0.5) is 5.69 Å². The number of aryl methyl sites for hydroxylation is 2. The van der Waals surface area contributed by atoms with Crippen LogP contribution in [0.5, 0.6) is 0 Å². The second-order valence-electron chi connectivity index (χ2n) is 5.73. The van der Waals surface area contributed by atoms with Gasteiger partial charge in [0.2, 0.25) is 3.79 Å². The van der Waals surface area contributed by atoms with Gasteiger partial charge in [0.25, 0.3) is 5.91 Å². The molecule has 138 valence electrons. The monoisotopic (exact) mass is 429 g/mol. The first kappa shape index (κ1) is 20.8. The summed E-state index contributed by atoms with van der Waals surface area (Å²) in [7, 11) is 0. The Bertz CT molecular complexity index is 808. The average Bonchev–Trinajstić information content (AvgIpc) is 2.55. The quantitative estimate of drug-likeness (QED) is 0.373. The van der Waals surface area contributed by atoms with E-state index in [9.17, 15) is 4.79 Å². The number of nitrogens with one attached hydrogen (secondary N) is 3. The Kier molecular flexibility index (Phi) is 7.12. The predicted molar refractivity (Wildman–Crippen MR) is 113 cm³/mol. The molecule has 0 heterocycles. The Labute approximate surface area is 173 Å². The van der Waals surface area contributed by atoms with Crippen molar-refractivity contribution in [1.82, 2.24) is 10.6 Å². The molecule has 2 rings (SSSR count). The number of amides is 1. The lowest BCUT2D eigenvalue weighted by Crippen LogP contribution is -2.56. The zero-order valence-electron chi connectivity index (χ0n) is 14.1. The third-order valence-corrected chi connectivity index (χ3v) is 4.43. The van der Waals surface area contributed by atoms with E-state index in [4.69, 9.17) is 47.0 Å². The van der Waals surface area contributed by atoms with E-state index in [0.717, 1.165) is 16.8 Å². The summed E-state index contributed by atoms with van der Waals surface area (Å²) in [5.74, 6) is -0.379. The topological polar surface area (TPSA) is 53.2 Å². The van der Waals surface area contributed by atoms with Gasteiger partial charge in [0, 0.05) is 11.3 Å². The van der Waals surface area contributed by atoms with Crippen molar-refractivity contribution in [2.75, 3.05) is 5.32 Å². The molecular weight excluding hydrogens is 413 g/mol. The Morgan fingerprint density at radius 2 is 1.73 bits per heavy atom. The maximum Gasteiger partial charge on any atom is 0.252 e. The van der Waals surface area contributed by atoms with E-state index < -0.39 is 9.96 Å². The first-order chi connectivity index (χ1) is 12.2. The summed E-state index contributed by atoms with van der Waals surface area (Å²) >= 11 is 23.3. The van der Waals surface area contributed by atoms with Gasteiger partial charge >= 0.3 is 0 Å². The van der Waals surface area contributed by atoms with Crippen LogP contribution in [0.15, 0.2) is 48.5 Å². The zero-order valence-corrected chi connectivity index (χ0v) is 17.2. The van der Waals surface area contributed by atoms with Crippen LogP contribution in [-0.2, 0) is 0 Å². The number of anilines is 1. The smallest absolute Gasteiger partial charge is 0.252 e. The second kappa shape index (κ2) is 8.91. The van der Waals surface area contributed by atoms with Crippen LogP contribution in [0, 0.1) is 13.8 Å². The Morgan fingerprint density at radius 3 is 2.35 bits per heavy atom. The predicted octanol–water partition coefficient (Wildman–Crippen LogP) is 4.72. The number of carbonyl (C=O) groups is 1. The van der Waals surface area contributed by atoms with E-state index in [1.165, 1.54) is 0 Å². The van der Waals surface area contributed by atoms with E-state index in [1.54, 1.807) is 18.2 Å². The molecule has 0 radical (unpaired) electrons. The molecule has 1 amide bonds. The molecule has 2 aromatic rings. The molecule has 4 nitrogen and oxygen atoms in total. The van der Waals surface area contributed by atoms with Crippen molar-refractivity contribution >= 4 is 63.7 Å².